The first-order valence-corrected chi connectivity index (χ1v) is 6.89. The minimum atomic E-state index is -4.47. The Balaban J connectivity index is 2.86. The van der Waals surface area contributed by atoms with Crippen LogP contribution in [-0.4, -0.2) is 14.3 Å². The number of rotatable bonds is 3. The van der Waals surface area contributed by atoms with Crippen LogP contribution in [-0.2, 0) is 17.5 Å². The summed E-state index contributed by atoms with van der Waals surface area (Å²) in [6.07, 6.45) is -4.47. The molecule has 2 atom stereocenters. The van der Waals surface area contributed by atoms with Gasteiger partial charge in [-0.1, -0.05) is 6.07 Å². The van der Waals surface area contributed by atoms with Gasteiger partial charge in [0.15, 0.2) is 0 Å². The van der Waals surface area contributed by atoms with Crippen molar-refractivity contribution in [1.82, 2.24) is 9.71 Å². The van der Waals surface area contributed by atoms with E-state index in [2.05, 4.69) is 9.71 Å². The van der Waals surface area contributed by atoms with E-state index in [1.54, 1.807) is 27.7 Å². The van der Waals surface area contributed by atoms with Gasteiger partial charge < -0.3 is 4.55 Å². The molecule has 1 heterocycles. The van der Waals surface area contributed by atoms with Gasteiger partial charge in [0, 0.05) is 11.4 Å². The van der Waals surface area contributed by atoms with Crippen LogP contribution >= 0.6 is 0 Å². The van der Waals surface area contributed by atoms with Gasteiger partial charge >= 0.3 is 6.18 Å². The third kappa shape index (κ3) is 4.67. The minimum Gasteiger partial charge on any atom is -0.598 e. The van der Waals surface area contributed by atoms with Crippen LogP contribution < -0.4 is 4.72 Å². The van der Waals surface area contributed by atoms with Crippen molar-refractivity contribution < 1.29 is 17.7 Å². The van der Waals surface area contributed by atoms with E-state index in [1.165, 1.54) is 12.1 Å². The summed E-state index contributed by atoms with van der Waals surface area (Å²) in [5.41, 5.74) is -0.729. The van der Waals surface area contributed by atoms with E-state index in [-0.39, 0.29) is 5.69 Å². The summed E-state index contributed by atoms with van der Waals surface area (Å²) in [5.74, 6) is 0. The summed E-state index contributed by atoms with van der Waals surface area (Å²) in [5, 5.41) is 0. The average molecular weight is 294 g/mol. The lowest BCUT2D eigenvalue weighted by atomic mass is 10.2. The summed E-state index contributed by atoms with van der Waals surface area (Å²) < 4.78 is 51.8. The van der Waals surface area contributed by atoms with Crippen molar-refractivity contribution >= 4 is 11.4 Å². The molecule has 0 radical (unpaired) electrons. The number of hydrogen-bond donors (Lipinski definition) is 1. The van der Waals surface area contributed by atoms with Gasteiger partial charge in [0.25, 0.3) is 0 Å². The van der Waals surface area contributed by atoms with E-state index >= 15 is 0 Å². The molecule has 0 aliphatic carbocycles. The summed E-state index contributed by atoms with van der Waals surface area (Å²) in [4.78, 5) is 3.56. The maximum Gasteiger partial charge on any atom is 0.433 e. The second kappa shape index (κ2) is 5.68. The molecule has 0 unspecified atom stereocenters. The second-order valence-corrected chi connectivity index (χ2v) is 7.16. The molecule has 7 heteroatoms. The van der Waals surface area contributed by atoms with Gasteiger partial charge in [0.2, 0.25) is 0 Å². The van der Waals surface area contributed by atoms with Gasteiger partial charge in [0.1, 0.15) is 10.4 Å². The Bertz CT molecular complexity index is 432. The number of nitrogens with one attached hydrogen (secondary N) is 1. The van der Waals surface area contributed by atoms with Crippen LogP contribution in [0.2, 0.25) is 0 Å². The van der Waals surface area contributed by atoms with Crippen molar-refractivity contribution in [2.75, 3.05) is 0 Å². The fraction of sp³-hybridized carbons (Fsp3) is 0.583. The van der Waals surface area contributed by atoms with Gasteiger partial charge in [-0.3, -0.25) is 0 Å². The lowest BCUT2D eigenvalue weighted by Gasteiger charge is -2.26. The predicted molar refractivity (Wildman–Crippen MR) is 68.7 cm³/mol. The maximum atomic E-state index is 12.5. The number of hydrogen-bond acceptors (Lipinski definition) is 3. The van der Waals surface area contributed by atoms with Crippen LogP contribution in [0.3, 0.4) is 0 Å². The number of nitrogens with zero attached hydrogens (tertiary/aromatic N) is 1. The van der Waals surface area contributed by atoms with Crippen molar-refractivity contribution in [3.8, 4) is 0 Å². The predicted octanol–water partition coefficient (Wildman–Crippen LogP) is 3.21. The largest absolute Gasteiger partial charge is 0.598 e. The van der Waals surface area contributed by atoms with Gasteiger partial charge in [0.05, 0.1) is 11.7 Å². The smallest absolute Gasteiger partial charge is 0.433 e. The van der Waals surface area contributed by atoms with Gasteiger partial charge in [-0.25, -0.2) is 4.98 Å². The van der Waals surface area contributed by atoms with E-state index in [0.717, 1.165) is 6.07 Å². The second-order valence-electron chi connectivity index (χ2n) is 5.17. The van der Waals surface area contributed by atoms with Crippen molar-refractivity contribution in [2.45, 2.75) is 44.7 Å². The zero-order chi connectivity index (χ0) is 14.8. The van der Waals surface area contributed by atoms with Gasteiger partial charge in [-0.2, -0.15) is 13.2 Å². The molecule has 19 heavy (non-hydrogen) atoms. The Morgan fingerprint density at radius 2 is 1.84 bits per heavy atom. The van der Waals surface area contributed by atoms with Gasteiger partial charge in [-0.05, 0) is 39.8 Å². The van der Waals surface area contributed by atoms with Crippen LogP contribution in [0, 0.1) is 0 Å². The molecule has 0 spiro atoms. The molecular weight excluding hydrogens is 277 g/mol. The standard InChI is InChI=1S/C12H17F3N2OS/c1-8(17-19(18)11(2,3)4)9-6-5-7-10(16-9)12(13,14)15/h5-8,17H,1-4H3/t8-,19-/m0/s1. The molecule has 108 valence electrons. The topological polar surface area (TPSA) is 48.0 Å². The highest BCUT2D eigenvalue weighted by Crippen LogP contribution is 2.28. The molecule has 0 saturated heterocycles. The monoisotopic (exact) mass is 294 g/mol. The summed E-state index contributed by atoms with van der Waals surface area (Å²) in [7, 11) is 0. The number of pyridine rings is 1. The Kier molecular flexibility index (Phi) is 4.86. The van der Waals surface area contributed by atoms with E-state index in [1.807, 2.05) is 0 Å². The fourth-order valence-electron chi connectivity index (χ4n) is 1.25. The highest BCUT2D eigenvalue weighted by atomic mass is 32.2. The van der Waals surface area contributed by atoms with Crippen LogP contribution in [0.15, 0.2) is 18.2 Å². The maximum absolute atomic E-state index is 12.5. The van der Waals surface area contributed by atoms with Gasteiger partial charge in [-0.15, -0.1) is 4.72 Å². The first-order valence-electron chi connectivity index (χ1n) is 5.74. The van der Waals surface area contributed by atoms with Crippen molar-refractivity contribution in [1.29, 1.82) is 0 Å². The normalized spacial score (nSPS) is 16.2. The zero-order valence-corrected chi connectivity index (χ0v) is 12.0. The number of alkyl halides is 3. The van der Waals surface area contributed by atoms with Crippen molar-refractivity contribution in [2.24, 2.45) is 0 Å². The quantitative estimate of drug-likeness (QED) is 0.871. The molecule has 0 aromatic carbocycles. The van der Waals surface area contributed by atoms with E-state index in [9.17, 15) is 17.7 Å². The van der Waals surface area contributed by atoms with E-state index < -0.39 is 34.0 Å². The fourth-order valence-corrected chi connectivity index (χ4v) is 2.04. The van der Waals surface area contributed by atoms with Crippen LogP contribution in [0.25, 0.3) is 0 Å². The molecule has 3 nitrogen and oxygen atoms in total. The Hall–Kier alpha value is -0.790. The van der Waals surface area contributed by atoms with Crippen LogP contribution in [0.1, 0.15) is 45.1 Å². The molecule has 1 aromatic heterocycles. The third-order valence-corrected chi connectivity index (χ3v) is 4.02. The molecule has 0 saturated carbocycles. The van der Waals surface area contributed by atoms with Crippen LogP contribution in [0.4, 0.5) is 13.2 Å². The first-order chi connectivity index (χ1) is 8.51. The Morgan fingerprint density at radius 3 is 2.32 bits per heavy atom. The number of aromatic nitrogens is 1. The molecular formula is C12H17F3N2OS. The molecule has 1 N–H and O–H groups in total. The Morgan fingerprint density at radius 1 is 1.26 bits per heavy atom. The Labute approximate surface area is 113 Å². The SMILES string of the molecule is C[C@H](N[S@@+]([O-])C(C)(C)C)c1cccc(C(F)(F)F)n1. The molecule has 0 fully saturated rings. The molecule has 0 bridgehead atoms. The highest BCUT2D eigenvalue weighted by Gasteiger charge is 2.33. The summed E-state index contributed by atoms with van der Waals surface area (Å²) in [6.45, 7) is 6.97. The number of halogens is 3. The molecule has 1 rings (SSSR count). The van der Waals surface area contributed by atoms with Crippen LogP contribution in [0.5, 0.6) is 0 Å². The average Bonchev–Trinajstić information content (AvgIpc) is 2.26. The molecule has 1 aromatic rings. The van der Waals surface area contributed by atoms with E-state index in [0.29, 0.717) is 0 Å². The zero-order valence-electron chi connectivity index (χ0n) is 11.2. The molecule has 0 amide bonds. The first kappa shape index (κ1) is 16.3. The summed E-state index contributed by atoms with van der Waals surface area (Å²) >= 11 is -1.37. The lowest BCUT2D eigenvalue weighted by molar-refractivity contribution is -0.141. The van der Waals surface area contributed by atoms with Crippen molar-refractivity contribution in [3.63, 3.8) is 0 Å². The minimum absolute atomic E-state index is 0.215. The molecule has 0 aliphatic rings. The summed E-state index contributed by atoms with van der Waals surface area (Å²) in [6, 6.07) is 3.16. The van der Waals surface area contributed by atoms with Crippen molar-refractivity contribution in [3.05, 3.63) is 29.6 Å². The third-order valence-electron chi connectivity index (χ3n) is 2.34. The molecule has 0 aliphatic heterocycles. The highest BCUT2D eigenvalue weighted by molar-refractivity contribution is 7.90. The van der Waals surface area contributed by atoms with E-state index in [4.69, 9.17) is 0 Å². The lowest BCUT2D eigenvalue weighted by Crippen LogP contribution is -2.40.